The first-order chi connectivity index (χ1) is 16.5. The largest absolute Gasteiger partial charge is 0.322 e. The minimum Gasteiger partial charge on any atom is -0.322 e. The number of hydrogen-bond acceptors (Lipinski definition) is 5. The Morgan fingerprint density at radius 1 is 1.06 bits per heavy atom. The van der Waals surface area contributed by atoms with Gasteiger partial charge in [-0.05, 0) is 85.3 Å². The van der Waals surface area contributed by atoms with E-state index < -0.39 is 0 Å². The summed E-state index contributed by atoms with van der Waals surface area (Å²) in [7, 11) is 0. The quantitative estimate of drug-likeness (QED) is 0.401. The molecule has 4 rings (SSSR count). The molecule has 1 N–H and O–H groups in total. The molecular formula is C27H33FN6O. The number of nitrogens with zero attached hydrogens (tertiary/aromatic N) is 5. The van der Waals surface area contributed by atoms with Crippen LogP contribution in [0.5, 0.6) is 0 Å². The van der Waals surface area contributed by atoms with Crippen molar-refractivity contribution in [2.45, 2.75) is 66.2 Å². The van der Waals surface area contributed by atoms with Crippen molar-refractivity contribution in [3.63, 3.8) is 0 Å². The predicted octanol–water partition coefficient (Wildman–Crippen LogP) is 5.12. The Hall–Kier alpha value is -3.39. The Balaban J connectivity index is 1.81. The summed E-state index contributed by atoms with van der Waals surface area (Å²) < 4.78 is 15.5. The van der Waals surface area contributed by atoms with E-state index in [1.54, 1.807) is 12.1 Å². The molecule has 0 radical (unpaired) electrons. The van der Waals surface area contributed by atoms with Gasteiger partial charge in [-0.15, -0.1) is 5.10 Å². The molecule has 7 nitrogen and oxygen atoms in total. The summed E-state index contributed by atoms with van der Waals surface area (Å²) in [6.07, 6.45) is 0. The number of aryl methyl sites for hydroxylation is 1. The van der Waals surface area contributed by atoms with Crippen LogP contribution in [0.15, 0.2) is 53.3 Å². The zero-order chi connectivity index (χ0) is 25.3. The molecule has 2 aromatic heterocycles. The van der Waals surface area contributed by atoms with E-state index in [9.17, 15) is 9.18 Å². The van der Waals surface area contributed by atoms with E-state index in [1.807, 2.05) is 29.8 Å². The molecule has 4 aromatic rings. The van der Waals surface area contributed by atoms with Crippen molar-refractivity contribution in [1.82, 2.24) is 30.1 Å². The highest BCUT2D eigenvalue weighted by Crippen LogP contribution is 2.32. The van der Waals surface area contributed by atoms with E-state index in [-0.39, 0.29) is 28.9 Å². The maximum absolute atomic E-state index is 13.6. The third-order valence-corrected chi connectivity index (χ3v) is 6.17. The number of hydrogen-bond donors (Lipinski definition) is 1. The van der Waals surface area contributed by atoms with Crippen molar-refractivity contribution in [3.05, 3.63) is 87.2 Å². The van der Waals surface area contributed by atoms with Crippen LogP contribution in [0.25, 0.3) is 10.9 Å². The van der Waals surface area contributed by atoms with Crippen LogP contribution < -0.4 is 5.56 Å². The van der Waals surface area contributed by atoms with Gasteiger partial charge in [-0.1, -0.05) is 37.6 Å². The highest BCUT2D eigenvalue weighted by atomic mass is 19.1. The minimum absolute atomic E-state index is 0.122. The number of benzene rings is 2. The van der Waals surface area contributed by atoms with E-state index in [2.05, 4.69) is 66.1 Å². The number of rotatable bonds is 7. The van der Waals surface area contributed by atoms with Crippen molar-refractivity contribution in [3.8, 4) is 0 Å². The molecule has 2 heterocycles. The van der Waals surface area contributed by atoms with Gasteiger partial charge in [0, 0.05) is 24.2 Å². The molecule has 184 valence electrons. The van der Waals surface area contributed by atoms with E-state index in [1.165, 1.54) is 12.1 Å². The van der Waals surface area contributed by atoms with E-state index >= 15 is 0 Å². The van der Waals surface area contributed by atoms with Gasteiger partial charge in [-0.25, -0.2) is 9.07 Å². The Morgan fingerprint density at radius 2 is 1.77 bits per heavy atom. The van der Waals surface area contributed by atoms with Crippen LogP contribution in [-0.4, -0.2) is 30.1 Å². The van der Waals surface area contributed by atoms with Gasteiger partial charge in [0.05, 0.1) is 11.6 Å². The van der Waals surface area contributed by atoms with Gasteiger partial charge < -0.3 is 4.98 Å². The molecular weight excluding hydrogens is 443 g/mol. The second-order valence-electron chi connectivity index (χ2n) is 10.6. The summed E-state index contributed by atoms with van der Waals surface area (Å²) in [5.74, 6) is 0.603. The number of aromatic amines is 1. The summed E-state index contributed by atoms with van der Waals surface area (Å²) in [5, 5.41) is 13.7. The fraction of sp³-hybridized carbons (Fsp3) is 0.407. The van der Waals surface area contributed by atoms with Crippen LogP contribution in [0.1, 0.15) is 63.2 Å². The SMILES string of the molecule is Cc1ccc2[nH]c(=O)c(CN(Cc3ccc(F)cc3)C(c3nnnn3C(C)(C)C)C(C)C)cc2c1. The summed E-state index contributed by atoms with van der Waals surface area (Å²) in [6, 6.07) is 14.2. The van der Waals surface area contributed by atoms with Crippen molar-refractivity contribution in [2.75, 3.05) is 0 Å². The molecule has 0 aliphatic carbocycles. The van der Waals surface area contributed by atoms with Crippen molar-refractivity contribution < 1.29 is 4.39 Å². The lowest BCUT2D eigenvalue weighted by Gasteiger charge is -2.35. The molecule has 0 spiro atoms. The van der Waals surface area contributed by atoms with E-state index in [0.717, 1.165) is 27.9 Å². The van der Waals surface area contributed by atoms with Crippen LogP contribution in [0.4, 0.5) is 4.39 Å². The highest BCUT2D eigenvalue weighted by Gasteiger charge is 2.33. The van der Waals surface area contributed by atoms with Gasteiger partial charge in [0.1, 0.15) is 5.82 Å². The van der Waals surface area contributed by atoms with E-state index in [0.29, 0.717) is 18.7 Å². The standard InChI is InChI=1S/C27H33FN6O/c1-17(2)24(25-30-31-32-34(25)27(4,5)6)33(15-19-8-10-22(28)11-9-19)16-21-14-20-13-18(3)7-12-23(20)29-26(21)35/h7-14,17,24H,15-16H2,1-6H3,(H,29,35). The summed E-state index contributed by atoms with van der Waals surface area (Å²) in [4.78, 5) is 18.3. The van der Waals surface area contributed by atoms with Crippen LogP contribution in [-0.2, 0) is 18.6 Å². The molecule has 0 saturated carbocycles. The number of tetrazole rings is 1. The van der Waals surface area contributed by atoms with Gasteiger partial charge in [-0.2, -0.15) is 0 Å². The maximum Gasteiger partial charge on any atom is 0.252 e. The first-order valence-corrected chi connectivity index (χ1v) is 11.9. The molecule has 1 atom stereocenters. The van der Waals surface area contributed by atoms with Crippen molar-refractivity contribution in [2.24, 2.45) is 5.92 Å². The number of nitrogens with one attached hydrogen (secondary N) is 1. The lowest BCUT2D eigenvalue weighted by molar-refractivity contribution is 0.119. The van der Waals surface area contributed by atoms with Crippen molar-refractivity contribution >= 4 is 10.9 Å². The highest BCUT2D eigenvalue weighted by molar-refractivity contribution is 5.79. The summed E-state index contributed by atoms with van der Waals surface area (Å²) in [5.41, 5.74) is 3.11. The Kier molecular flexibility index (Phi) is 6.85. The van der Waals surface area contributed by atoms with Gasteiger partial charge in [0.25, 0.3) is 5.56 Å². The van der Waals surface area contributed by atoms with Crippen LogP contribution in [0.2, 0.25) is 0 Å². The molecule has 8 heteroatoms. The first-order valence-electron chi connectivity index (χ1n) is 11.9. The van der Waals surface area contributed by atoms with Crippen LogP contribution in [0, 0.1) is 18.7 Å². The number of fused-ring (bicyclic) bond motifs is 1. The van der Waals surface area contributed by atoms with Gasteiger partial charge in [-0.3, -0.25) is 9.69 Å². The fourth-order valence-electron chi connectivity index (χ4n) is 4.52. The lowest BCUT2D eigenvalue weighted by atomic mass is 9.98. The second kappa shape index (κ2) is 9.70. The average Bonchev–Trinajstić information content (AvgIpc) is 3.26. The van der Waals surface area contributed by atoms with Gasteiger partial charge in [0.2, 0.25) is 0 Å². The zero-order valence-electron chi connectivity index (χ0n) is 21.2. The molecule has 0 aliphatic heterocycles. The summed E-state index contributed by atoms with van der Waals surface area (Å²) in [6.45, 7) is 13.4. The maximum atomic E-state index is 13.6. The number of pyridine rings is 1. The number of aromatic nitrogens is 5. The van der Waals surface area contributed by atoms with Crippen LogP contribution in [0.3, 0.4) is 0 Å². The molecule has 0 saturated heterocycles. The van der Waals surface area contributed by atoms with E-state index in [4.69, 9.17) is 0 Å². The topological polar surface area (TPSA) is 79.7 Å². The normalized spacial score (nSPS) is 13.2. The third-order valence-electron chi connectivity index (χ3n) is 6.17. The Labute approximate surface area is 205 Å². The second-order valence-corrected chi connectivity index (χ2v) is 10.6. The molecule has 2 aromatic carbocycles. The van der Waals surface area contributed by atoms with Crippen molar-refractivity contribution in [1.29, 1.82) is 0 Å². The Bertz CT molecular complexity index is 1370. The number of H-pyrrole nitrogens is 1. The van der Waals surface area contributed by atoms with Gasteiger partial charge in [0.15, 0.2) is 5.82 Å². The monoisotopic (exact) mass is 476 g/mol. The molecule has 0 fully saturated rings. The predicted molar refractivity (Wildman–Crippen MR) is 135 cm³/mol. The molecule has 0 amide bonds. The number of halogens is 1. The van der Waals surface area contributed by atoms with Crippen LogP contribution >= 0.6 is 0 Å². The minimum atomic E-state index is -0.314. The first kappa shape index (κ1) is 24.7. The lowest BCUT2D eigenvalue weighted by Crippen LogP contribution is -2.37. The average molecular weight is 477 g/mol. The molecule has 0 bridgehead atoms. The molecule has 1 unspecified atom stereocenters. The zero-order valence-corrected chi connectivity index (χ0v) is 21.2. The fourth-order valence-corrected chi connectivity index (χ4v) is 4.52. The third kappa shape index (κ3) is 5.48. The summed E-state index contributed by atoms with van der Waals surface area (Å²) >= 11 is 0. The van der Waals surface area contributed by atoms with Gasteiger partial charge >= 0.3 is 0 Å². The smallest absolute Gasteiger partial charge is 0.252 e. The molecule has 0 aliphatic rings. The molecule has 35 heavy (non-hydrogen) atoms. The Morgan fingerprint density at radius 3 is 2.43 bits per heavy atom.